The van der Waals surface area contributed by atoms with Crippen LogP contribution in [0.15, 0.2) is 0 Å². The molecule has 0 heterocycles. The molecule has 4 unspecified atom stereocenters. The van der Waals surface area contributed by atoms with Gasteiger partial charge in [0.1, 0.15) is 0 Å². The Labute approximate surface area is 98.0 Å². The first-order valence-corrected chi connectivity index (χ1v) is 6.29. The quantitative estimate of drug-likeness (QED) is 0.628. The molecule has 0 amide bonds. The highest BCUT2D eigenvalue weighted by Crippen LogP contribution is 2.22. The van der Waals surface area contributed by atoms with Crippen molar-refractivity contribution in [1.82, 2.24) is 5.32 Å². The fourth-order valence-electron chi connectivity index (χ4n) is 2.25. The molecule has 1 aliphatic rings. The molecular weight excluding hydrogens is 206 g/mol. The van der Waals surface area contributed by atoms with Crippen molar-refractivity contribution in [3.05, 3.63) is 0 Å². The van der Waals surface area contributed by atoms with E-state index in [0.717, 1.165) is 25.7 Å². The predicted molar refractivity (Wildman–Crippen MR) is 63.4 cm³/mol. The van der Waals surface area contributed by atoms with Gasteiger partial charge in [0, 0.05) is 12.1 Å². The maximum Gasteiger partial charge on any atom is 0.0781 e. The second-order valence-electron chi connectivity index (χ2n) is 4.87. The van der Waals surface area contributed by atoms with Crippen molar-refractivity contribution in [2.24, 2.45) is 0 Å². The average molecular weight is 231 g/mol. The summed E-state index contributed by atoms with van der Waals surface area (Å²) in [6, 6.07) is 0.589. The fourth-order valence-corrected chi connectivity index (χ4v) is 2.25. The molecule has 0 aliphatic heterocycles. The van der Waals surface area contributed by atoms with E-state index >= 15 is 0 Å². The van der Waals surface area contributed by atoms with Gasteiger partial charge < -0.3 is 20.3 Å². The minimum Gasteiger partial charge on any atom is -0.395 e. The topological polar surface area (TPSA) is 61.7 Å². The van der Waals surface area contributed by atoms with Crippen LogP contribution in [0, 0.1) is 0 Å². The SMILES string of the molecule is CC(CO)NC1CCCC(OC(C)CO)C1. The second-order valence-corrected chi connectivity index (χ2v) is 4.87. The molecule has 1 rings (SSSR count). The molecule has 16 heavy (non-hydrogen) atoms. The van der Waals surface area contributed by atoms with Crippen molar-refractivity contribution in [2.75, 3.05) is 13.2 Å². The third-order valence-electron chi connectivity index (χ3n) is 3.10. The van der Waals surface area contributed by atoms with Gasteiger partial charge in [-0.25, -0.2) is 0 Å². The molecule has 96 valence electrons. The third-order valence-corrected chi connectivity index (χ3v) is 3.10. The highest BCUT2D eigenvalue weighted by Gasteiger charge is 2.24. The molecule has 0 radical (unpaired) electrons. The van der Waals surface area contributed by atoms with Crippen LogP contribution in [0.1, 0.15) is 39.5 Å². The number of ether oxygens (including phenoxy) is 1. The van der Waals surface area contributed by atoms with E-state index in [1.807, 2.05) is 13.8 Å². The van der Waals surface area contributed by atoms with Gasteiger partial charge in [-0.05, 0) is 39.5 Å². The molecule has 4 atom stereocenters. The lowest BCUT2D eigenvalue weighted by molar-refractivity contribution is -0.0493. The zero-order chi connectivity index (χ0) is 12.0. The summed E-state index contributed by atoms with van der Waals surface area (Å²) in [5, 5.41) is 21.3. The van der Waals surface area contributed by atoms with Crippen LogP contribution in [-0.4, -0.2) is 47.7 Å². The van der Waals surface area contributed by atoms with Crippen molar-refractivity contribution < 1.29 is 14.9 Å². The van der Waals surface area contributed by atoms with E-state index in [2.05, 4.69) is 5.32 Å². The lowest BCUT2D eigenvalue weighted by Crippen LogP contribution is -2.43. The molecule has 0 aromatic rings. The summed E-state index contributed by atoms with van der Waals surface area (Å²) >= 11 is 0. The molecule has 1 saturated carbocycles. The first-order chi connectivity index (χ1) is 7.65. The van der Waals surface area contributed by atoms with Gasteiger partial charge in [0.05, 0.1) is 25.4 Å². The molecule has 0 aromatic heterocycles. The van der Waals surface area contributed by atoms with Crippen LogP contribution in [-0.2, 0) is 4.74 Å². The number of hydrogen-bond acceptors (Lipinski definition) is 4. The molecular formula is C12H25NO3. The number of rotatable bonds is 6. The molecule has 0 aromatic carbocycles. The van der Waals surface area contributed by atoms with Crippen molar-refractivity contribution in [1.29, 1.82) is 0 Å². The monoisotopic (exact) mass is 231 g/mol. The summed E-state index contributed by atoms with van der Waals surface area (Å²) in [7, 11) is 0. The number of hydrogen-bond donors (Lipinski definition) is 3. The number of nitrogens with one attached hydrogen (secondary N) is 1. The molecule has 0 spiro atoms. The van der Waals surface area contributed by atoms with Gasteiger partial charge in [-0.15, -0.1) is 0 Å². The van der Waals surface area contributed by atoms with Gasteiger partial charge in [0.25, 0.3) is 0 Å². The van der Waals surface area contributed by atoms with Crippen LogP contribution in [0.4, 0.5) is 0 Å². The van der Waals surface area contributed by atoms with Gasteiger partial charge >= 0.3 is 0 Å². The van der Waals surface area contributed by atoms with Gasteiger partial charge in [-0.3, -0.25) is 0 Å². The van der Waals surface area contributed by atoms with Crippen molar-refractivity contribution >= 4 is 0 Å². The van der Waals surface area contributed by atoms with Crippen LogP contribution in [0.5, 0.6) is 0 Å². The molecule has 1 fully saturated rings. The summed E-state index contributed by atoms with van der Waals surface area (Å²) < 4.78 is 5.73. The fraction of sp³-hybridized carbons (Fsp3) is 1.00. The average Bonchev–Trinajstić information content (AvgIpc) is 2.29. The van der Waals surface area contributed by atoms with E-state index in [1.54, 1.807) is 0 Å². The molecule has 3 N–H and O–H groups in total. The van der Waals surface area contributed by atoms with Crippen LogP contribution in [0.3, 0.4) is 0 Å². The maximum absolute atomic E-state index is 8.99. The Morgan fingerprint density at radius 2 is 2.00 bits per heavy atom. The highest BCUT2D eigenvalue weighted by molar-refractivity contribution is 4.80. The summed E-state index contributed by atoms with van der Waals surface area (Å²) in [4.78, 5) is 0. The summed E-state index contributed by atoms with van der Waals surface area (Å²) in [6.45, 7) is 4.14. The zero-order valence-electron chi connectivity index (χ0n) is 10.4. The van der Waals surface area contributed by atoms with Crippen molar-refractivity contribution in [3.8, 4) is 0 Å². The minimum absolute atomic E-state index is 0.0704. The minimum atomic E-state index is -0.0704. The molecule has 0 bridgehead atoms. The first-order valence-electron chi connectivity index (χ1n) is 6.29. The van der Waals surface area contributed by atoms with E-state index < -0.39 is 0 Å². The molecule has 4 nitrogen and oxygen atoms in total. The van der Waals surface area contributed by atoms with E-state index in [0.29, 0.717) is 6.04 Å². The first kappa shape index (κ1) is 13.9. The van der Waals surface area contributed by atoms with Gasteiger partial charge in [0.15, 0.2) is 0 Å². The Morgan fingerprint density at radius 3 is 2.62 bits per heavy atom. The summed E-state index contributed by atoms with van der Waals surface area (Å²) in [5.41, 5.74) is 0. The van der Waals surface area contributed by atoms with Crippen LogP contribution in [0.25, 0.3) is 0 Å². The number of aliphatic hydroxyl groups is 2. The van der Waals surface area contributed by atoms with E-state index in [9.17, 15) is 0 Å². The second kappa shape index (κ2) is 7.22. The highest BCUT2D eigenvalue weighted by atomic mass is 16.5. The van der Waals surface area contributed by atoms with E-state index in [4.69, 9.17) is 14.9 Å². The van der Waals surface area contributed by atoms with Crippen molar-refractivity contribution in [3.63, 3.8) is 0 Å². The summed E-state index contributed by atoms with van der Waals surface area (Å²) in [5.74, 6) is 0. The standard InChI is InChI=1S/C12H25NO3/c1-9(7-14)13-11-4-3-5-12(6-11)16-10(2)8-15/h9-15H,3-8H2,1-2H3. The lowest BCUT2D eigenvalue weighted by atomic mass is 9.92. The Bertz CT molecular complexity index is 171. The van der Waals surface area contributed by atoms with Gasteiger partial charge in [0.2, 0.25) is 0 Å². The van der Waals surface area contributed by atoms with Gasteiger partial charge in [-0.2, -0.15) is 0 Å². The third kappa shape index (κ3) is 4.78. The van der Waals surface area contributed by atoms with Crippen LogP contribution < -0.4 is 5.32 Å². The normalized spacial score (nSPS) is 30.0. The predicted octanol–water partition coefficient (Wildman–Crippen LogP) is 0.665. The molecule has 4 heteroatoms. The maximum atomic E-state index is 8.99. The molecule has 0 saturated heterocycles. The Kier molecular flexibility index (Phi) is 6.28. The summed E-state index contributed by atoms with van der Waals surface area (Å²) in [6.07, 6.45) is 4.54. The van der Waals surface area contributed by atoms with Gasteiger partial charge in [-0.1, -0.05) is 0 Å². The van der Waals surface area contributed by atoms with Crippen LogP contribution >= 0.6 is 0 Å². The van der Waals surface area contributed by atoms with Crippen molar-refractivity contribution in [2.45, 2.75) is 63.8 Å². The van der Waals surface area contributed by atoms with E-state index in [1.165, 1.54) is 0 Å². The number of aliphatic hydroxyl groups excluding tert-OH is 2. The zero-order valence-corrected chi connectivity index (χ0v) is 10.4. The smallest absolute Gasteiger partial charge is 0.0781 e. The Morgan fingerprint density at radius 1 is 1.25 bits per heavy atom. The Hall–Kier alpha value is -0.160. The van der Waals surface area contributed by atoms with E-state index in [-0.39, 0.29) is 31.5 Å². The van der Waals surface area contributed by atoms with Crippen LogP contribution in [0.2, 0.25) is 0 Å². The lowest BCUT2D eigenvalue weighted by Gasteiger charge is -2.32. The Balaban J connectivity index is 2.29. The molecule has 1 aliphatic carbocycles. The largest absolute Gasteiger partial charge is 0.395 e.